The van der Waals surface area contributed by atoms with Gasteiger partial charge in [-0.05, 0) is 24.8 Å². The minimum atomic E-state index is -2.82. The summed E-state index contributed by atoms with van der Waals surface area (Å²) in [5.41, 5.74) is 1.15. The van der Waals surface area contributed by atoms with Crippen LogP contribution in [0.2, 0.25) is 0 Å². The van der Waals surface area contributed by atoms with Gasteiger partial charge in [0.05, 0.1) is 24.4 Å². The lowest BCUT2D eigenvalue weighted by atomic mass is 9.92. The Morgan fingerprint density at radius 2 is 2.03 bits per heavy atom. The first-order valence-corrected chi connectivity index (χ1v) is 10.8. The number of ether oxygens (including phenoxy) is 1. The molecular weight excluding hydrogens is 432 g/mol. The maximum absolute atomic E-state index is 14.0. The van der Waals surface area contributed by atoms with Gasteiger partial charge in [0, 0.05) is 35.6 Å². The van der Waals surface area contributed by atoms with Gasteiger partial charge in [-0.15, -0.1) is 11.3 Å². The highest BCUT2D eigenvalue weighted by Crippen LogP contribution is 2.48. The van der Waals surface area contributed by atoms with Gasteiger partial charge < -0.3 is 19.7 Å². The monoisotopic (exact) mass is 451 g/mol. The molecule has 164 valence electrons. The van der Waals surface area contributed by atoms with Crippen LogP contribution in [-0.2, 0) is 27.2 Å². The molecule has 31 heavy (non-hydrogen) atoms. The van der Waals surface area contributed by atoms with Crippen molar-refractivity contribution in [3.63, 3.8) is 0 Å². The zero-order valence-corrected chi connectivity index (χ0v) is 17.2. The van der Waals surface area contributed by atoms with Crippen molar-refractivity contribution in [3.05, 3.63) is 27.4 Å². The smallest absolute Gasteiger partial charge is 0.334 e. The average molecular weight is 451 g/mol. The molecule has 0 bridgehead atoms. The molecule has 0 atom stereocenters. The summed E-state index contributed by atoms with van der Waals surface area (Å²) < 4.78 is 38.6. The predicted octanol–water partition coefficient (Wildman–Crippen LogP) is 3.54. The van der Waals surface area contributed by atoms with E-state index in [1.54, 1.807) is 0 Å². The summed E-state index contributed by atoms with van der Waals surface area (Å²) in [6, 6.07) is 0. The standard InChI is InChI=1S/C20H19F2N3O5S/c21-20(22)5-3-11-13(7-20)31-18(14(11)17-23-15(25-30-17)9-1-2-9)24-16(26)10-4-6-29-8-12(10)19(27)28/h9H,1-8H2,(H,24,26)(H,27,28). The molecule has 3 heterocycles. The quantitative estimate of drug-likeness (QED) is 0.715. The van der Waals surface area contributed by atoms with Crippen LogP contribution in [0.25, 0.3) is 11.5 Å². The molecule has 2 aromatic rings. The van der Waals surface area contributed by atoms with Gasteiger partial charge in [-0.1, -0.05) is 5.16 Å². The second-order valence-electron chi connectivity index (χ2n) is 7.99. The molecule has 0 aromatic carbocycles. The van der Waals surface area contributed by atoms with Gasteiger partial charge in [-0.3, -0.25) is 4.79 Å². The summed E-state index contributed by atoms with van der Waals surface area (Å²) in [5, 5.41) is 16.4. The van der Waals surface area contributed by atoms with Gasteiger partial charge in [-0.25, -0.2) is 13.6 Å². The number of carbonyl (C=O) groups is 2. The first-order valence-electron chi connectivity index (χ1n) is 10.0. The molecule has 2 N–H and O–H groups in total. The van der Waals surface area contributed by atoms with E-state index in [9.17, 15) is 23.5 Å². The largest absolute Gasteiger partial charge is 0.478 e. The number of hydrogen-bond donors (Lipinski definition) is 2. The van der Waals surface area contributed by atoms with Gasteiger partial charge in [-0.2, -0.15) is 4.98 Å². The summed E-state index contributed by atoms with van der Waals surface area (Å²) in [6.07, 6.45) is 1.51. The lowest BCUT2D eigenvalue weighted by Crippen LogP contribution is -2.25. The van der Waals surface area contributed by atoms with Gasteiger partial charge >= 0.3 is 5.97 Å². The third-order valence-corrected chi connectivity index (χ3v) is 6.86. The third kappa shape index (κ3) is 3.87. The summed E-state index contributed by atoms with van der Waals surface area (Å²) in [5.74, 6) is -3.60. The van der Waals surface area contributed by atoms with Crippen LogP contribution in [0.5, 0.6) is 0 Å². The number of hydrogen-bond acceptors (Lipinski definition) is 7. The van der Waals surface area contributed by atoms with Crippen molar-refractivity contribution in [3.8, 4) is 11.5 Å². The molecule has 0 unspecified atom stereocenters. The van der Waals surface area contributed by atoms with Crippen LogP contribution >= 0.6 is 11.3 Å². The van der Waals surface area contributed by atoms with Gasteiger partial charge in [0.2, 0.25) is 0 Å². The molecule has 2 aliphatic carbocycles. The number of rotatable bonds is 5. The van der Waals surface area contributed by atoms with Crippen molar-refractivity contribution >= 4 is 28.2 Å². The van der Waals surface area contributed by atoms with E-state index in [4.69, 9.17) is 9.26 Å². The minimum absolute atomic E-state index is 0.105. The number of nitrogens with one attached hydrogen (secondary N) is 1. The van der Waals surface area contributed by atoms with Crippen LogP contribution in [0.1, 0.15) is 47.9 Å². The number of aromatic nitrogens is 2. The number of nitrogens with zero attached hydrogens (tertiary/aromatic N) is 2. The fourth-order valence-electron chi connectivity index (χ4n) is 3.92. The molecule has 2 aromatic heterocycles. The van der Waals surface area contributed by atoms with Gasteiger partial charge in [0.1, 0.15) is 5.00 Å². The Hall–Kier alpha value is -2.66. The van der Waals surface area contributed by atoms with Crippen LogP contribution in [-0.4, -0.2) is 46.3 Å². The fraction of sp³-hybridized carbons (Fsp3) is 0.500. The molecule has 1 saturated carbocycles. The van der Waals surface area contributed by atoms with E-state index in [2.05, 4.69) is 15.5 Å². The van der Waals surface area contributed by atoms with Crippen LogP contribution < -0.4 is 5.32 Å². The fourth-order valence-corrected chi connectivity index (χ4v) is 5.23. The number of amides is 1. The average Bonchev–Trinajstić information content (AvgIpc) is 3.36. The Balaban J connectivity index is 1.53. The number of carboxylic acid groups (broad SMARTS) is 1. The molecule has 1 fully saturated rings. The normalized spacial score (nSPS) is 20.5. The summed E-state index contributed by atoms with van der Waals surface area (Å²) >= 11 is 1.05. The molecule has 0 saturated heterocycles. The Kier molecular flexibility index (Phi) is 4.89. The van der Waals surface area contributed by atoms with Gasteiger partial charge in [0.25, 0.3) is 17.7 Å². The molecule has 11 heteroatoms. The number of fused-ring (bicyclic) bond motifs is 1. The number of carbonyl (C=O) groups excluding carboxylic acids is 1. The first kappa shape index (κ1) is 20.3. The summed E-state index contributed by atoms with van der Waals surface area (Å²) in [7, 11) is 0. The molecule has 1 amide bonds. The zero-order valence-electron chi connectivity index (χ0n) is 16.4. The Bertz CT molecular complexity index is 1100. The lowest BCUT2D eigenvalue weighted by Gasteiger charge is -2.21. The lowest BCUT2D eigenvalue weighted by molar-refractivity contribution is -0.134. The summed E-state index contributed by atoms with van der Waals surface area (Å²) in [4.78, 5) is 29.3. The number of halogens is 2. The molecule has 5 rings (SSSR count). The zero-order chi connectivity index (χ0) is 21.8. The SMILES string of the molecule is O=C(O)C1=C(C(=O)Nc2sc3c(c2-c2nc(C4CC4)no2)CCC(F)(F)C3)CCOC1. The predicted molar refractivity (Wildman–Crippen MR) is 105 cm³/mol. The van der Waals surface area contributed by atoms with Crippen LogP contribution in [0.4, 0.5) is 13.8 Å². The van der Waals surface area contributed by atoms with E-state index >= 15 is 0 Å². The molecule has 0 radical (unpaired) electrons. The van der Waals surface area contributed by atoms with Gasteiger partial charge in [0.15, 0.2) is 5.82 Å². The molecule has 0 spiro atoms. The van der Waals surface area contributed by atoms with Crippen LogP contribution in [0, 0.1) is 0 Å². The van der Waals surface area contributed by atoms with Crippen molar-refractivity contribution in [2.45, 2.75) is 50.4 Å². The third-order valence-electron chi connectivity index (χ3n) is 5.72. The maximum atomic E-state index is 14.0. The van der Waals surface area contributed by atoms with E-state index in [0.717, 1.165) is 24.2 Å². The second-order valence-corrected chi connectivity index (χ2v) is 9.10. The van der Waals surface area contributed by atoms with Crippen LogP contribution in [0.15, 0.2) is 15.7 Å². The van der Waals surface area contributed by atoms with Crippen molar-refractivity contribution < 1.29 is 32.7 Å². The number of carboxylic acids is 1. The highest BCUT2D eigenvalue weighted by molar-refractivity contribution is 7.17. The van der Waals surface area contributed by atoms with Crippen molar-refractivity contribution in [2.24, 2.45) is 0 Å². The maximum Gasteiger partial charge on any atom is 0.334 e. The van der Waals surface area contributed by atoms with Crippen LogP contribution in [0.3, 0.4) is 0 Å². The number of anilines is 1. The topological polar surface area (TPSA) is 115 Å². The first-order chi connectivity index (χ1) is 14.8. The van der Waals surface area contributed by atoms with Crippen molar-refractivity contribution in [2.75, 3.05) is 18.5 Å². The molecule has 8 nitrogen and oxygen atoms in total. The Morgan fingerprint density at radius 1 is 1.23 bits per heavy atom. The second kappa shape index (κ2) is 7.49. The number of alkyl halides is 2. The van der Waals surface area contributed by atoms with E-state index in [-0.39, 0.29) is 55.4 Å². The Labute approximate surface area is 179 Å². The highest BCUT2D eigenvalue weighted by atomic mass is 32.1. The van der Waals surface area contributed by atoms with E-state index < -0.39 is 24.2 Å². The van der Waals surface area contributed by atoms with E-state index in [0.29, 0.717) is 26.8 Å². The molecule has 3 aliphatic rings. The number of aliphatic carboxylic acids is 1. The van der Waals surface area contributed by atoms with Crippen molar-refractivity contribution in [1.29, 1.82) is 0 Å². The van der Waals surface area contributed by atoms with E-state index in [1.807, 2.05) is 0 Å². The number of thiophene rings is 1. The highest BCUT2D eigenvalue weighted by Gasteiger charge is 2.39. The molecule has 1 aliphatic heterocycles. The van der Waals surface area contributed by atoms with E-state index in [1.165, 1.54) is 0 Å². The van der Waals surface area contributed by atoms with Crippen molar-refractivity contribution in [1.82, 2.24) is 10.1 Å². The molecular formula is C20H19F2N3O5S. The Morgan fingerprint density at radius 3 is 2.77 bits per heavy atom. The summed E-state index contributed by atoms with van der Waals surface area (Å²) in [6.45, 7) is 0.0699. The minimum Gasteiger partial charge on any atom is -0.478 e.